The molecule has 0 aliphatic rings. The number of carbonyl (C=O) groups is 2. The molecule has 3 aromatic rings. The van der Waals surface area contributed by atoms with Gasteiger partial charge in [-0.05, 0) is 25.5 Å². The first-order valence-corrected chi connectivity index (χ1v) is 9.13. The van der Waals surface area contributed by atoms with Gasteiger partial charge in [-0.3, -0.25) is 9.59 Å². The molecule has 0 bridgehead atoms. The number of aromatic amines is 1. The fraction of sp³-hybridized carbons (Fsp3) is 0.294. The van der Waals surface area contributed by atoms with Crippen LogP contribution in [0.15, 0.2) is 29.1 Å². The highest BCUT2D eigenvalue weighted by Gasteiger charge is 2.19. The standard InChI is InChI=1S/C17H17N5O4S/c1-2-26-17(25)14-16(27-22-21-14)20-13(23)9-5-8-12-18-11-7-4-3-6-10(11)15(24)19-12/h3-4,6-7H,2,5,8-9H2,1H3,(H,20,23)(H,18,19,24). The van der Waals surface area contributed by atoms with Crippen LogP contribution in [0.4, 0.5) is 5.00 Å². The maximum Gasteiger partial charge on any atom is 0.362 e. The van der Waals surface area contributed by atoms with Crippen LogP contribution in [-0.2, 0) is 16.0 Å². The van der Waals surface area contributed by atoms with Crippen molar-refractivity contribution in [1.82, 2.24) is 19.6 Å². The number of hydrogen-bond acceptors (Lipinski definition) is 8. The summed E-state index contributed by atoms with van der Waals surface area (Å²) in [6.45, 7) is 1.89. The van der Waals surface area contributed by atoms with Gasteiger partial charge in [-0.25, -0.2) is 9.78 Å². The summed E-state index contributed by atoms with van der Waals surface area (Å²) in [6, 6.07) is 7.08. The van der Waals surface area contributed by atoms with Crippen LogP contribution >= 0.6 is 11.5 Å². The molecular formula is C17H17N5O4S. The van der Waals surface area contributed by atoms with Crippen molar-refractivity contribution < 1.29 is 14.3 Å². The van der Waals surface area contributed by atoms with E-state index in [1.165, 1.54) is 0 Å². The van der Waals surface area contributed by atoms with Crippen LogP contribution in [0.1, 0.15) is 36.1 Å². The average Bonchev–Trinajstić information content (AvgIpc) is 3.10. The number of fused-ring (bicyclic) bond motifs is 1. The highest BCUT2D eigenvalue weighted by Crippen LogP contribution is 2.19. The predicted octanol–water partition coefficient (Wildman–Crippen LogP) is 1.91. The van der Waals surface area contributed by atoms with Gasteiger partial charge in [0.1, 0.15) is 5.82 Å². The smallest absolute Gasteiger partial charge is 0.362 e. The minimum absolute atomic E-state index is 0.00396. The van der Waals surface area contributed by atoms with Crippen molar-refractivity contribution >= 4 is 39.3 Å². The summed E-state index contributed by atoms with van der Waals surface area (Å²) in [5.74, 6) is -0.382. The van der Waals surface area contributed by atoms with E-state index in [-0.39, 0.29) is 35.2 Å². The van der Waals surface area contributed by atoms with E-state index >= 15 is 0 Å². The van der Waals surface area contributed by atoms with Crippen LogP contribution in [0.25, 0.3) is 10.9 Å². The molecule has 0 fully saturated rings. The molecule has 0 aliphatic carbocycles. The Kier molecular flexibility index (Phi) is 5.87. The molecule has 3 rings (SSSR count). The first kappa shape index (κ1) is 18.6. The van der Waals surface area contributed by atoms with Crippen LogP contribution in [0, 0.1) is 0 Å². The Labute approximate surface area is 158 Å². The number of amides is 1. The Hall–Kier alpha value is -3.14. The molecule has 2 aromatic heterocycles. The molecule has 1 amide bonds. The summed E-state index contributed by atoms with van der Waals surface area (Å²) in [5, 5.41) is 7.09. The number of aromatic nitrogens is 4. The number of carbonyl (C=O) groups excluding carboxylic acids is 2. The Bertz CT molecular complexity index is 1030. The minimum Gasteiger partial charge on any atom is -0.461 e. The number of para-hydroxylation sites is 1. The minimum atomic E-state index is -0.625. The quantitative estimate of drug-likeness (QED) is 0.593. The van der Waals surface area contributed by atoms with E-state index in [0.717, 1.165) is 11.5 Å². The largest absolute Gasteiger partial charge is 0.461 e. The molecule has 1 aromatic carbocycles. The molecule has 0 aliphatic heterocycles. The molecule has 27 heavy (non-hydrogen) atoms. The van der Waals surface area contributed by atoms with Crippen molar-refractivity contribution in [3.63, 3.8) is 0 Å². The van der Waals surface area contributed by atoms with Crippen molar-refractivity contribution in [1.29, 1.82) is 0 Å². The van der Waals surface area contributed by atoms with Gasteiger partial charge in [0, 0.05) is 24.4 Å². The first-order valence-electron chi connectivity index (χ1n) is 8.35. The average molecular weight is 387 g/mol. The van der Waals surface area contributed by atoms with E-state index in [2.05, 4.69) is 24.9 Å². The Balaban J connectivity index is 1.57. The second kappa shape index (κ2) is 8.49. The molecule has 9 nitrogen and oxygen atoms in total. The molecule has 0 saturated heterocycles. The number of aryl methyl sites for hydroxylation is 1. The van der Waals surface area contributed by atoms with Crippen molar-refractivity contribution in [2.75, 3.05) is 11.9 Å². The van der Waals surface area contributed by atoms with Gasteiger partial charge in [-0.1, -0.05) is 16.6 Å². The molecule has 140 valence electrons. The summed E-state index contributed by atoms with van der Waals surface area (Å²) in [7, 11) is 0. The third-order valence-electron chi connectivity index (χ3n) is 3.69. The highest BCUT2D eigenvalue weighted by molar-refractivity contribution is 7.10. The molecule has 0 radical (unpaired) electrons. The summed E-state index contributed by atoms with van der Waals surface area (Å²) in [6.07, 6.45) is 1.12. The van der Waals surface area contributed by atoms with E-state index in [9.17, 15) is 14.4 Å². The summed E-state index contributed by atoms with van der Waals surface area (Å²) < 4.78 is 8.54. The molecule has 0 unspecified atom stereocenters. The summed E-state index contributed by atoms with van der Waals surface area (Å²) in [5.41, 5.74) is 0.418. The fourth-order valence-corrected chi connectivity index (χ4v) is 3.04. The van der Waals surface area contributed by atoms with E-state index in [4.69, 9.17) is 4.74 Å². The second-order valence-electron chi connectivity index (χ2n) is 5.60. The molecule has 0 saturated carbocycles. The van der Waals surface area contributed by atoms with Crippen molar-refractivity contribution in [2.24, 2.45) is 0 Å². The Morgan fingerprint density at radius 3 is 2.93 bits per heavy atom. The van der Waals surface area contributed by atoms with Crippen LogP contribution in [0.3, 0.4) is 0 Å². The maximum atomic E-state index is 12.1. The van der Waals surface area contributed by atoms with Crippen molar-refractivity contribution in [3.05, 3.63) is 46.1 Å². The monoisotopic (exact) mass is 387 g/mol. The van der Waals surface area contributed by atoms with Crippen LogP contribution in [0.5, 0.6) is 0 Å². The zero-order valence-corrected chi connectivity index (χ0v) is 15.3. The topological polar surface area (TPSA) is 127 Å². The van der Waals surface area contributed by atoms with E-state index < -0.39 is 5.97 Å². The number of rotatable bonds is 7. The Morgan fingerprint density at radius 2 is 2.11 bits per heavy atom. The van der Waals surface area contributed by atoms with Crippen LogP contribution < -0.4 is 10.9 Å². The zero-order chi connectivity index (χ0) is 19.2. The van der Waals surface area contributed by atoms with Crippen LogP contribution in [-0.4, -0.2) is 38.0 Å². The number of hydrogen-bond donors (Lipinski definition) is 2. The van der Waals surface area contributed by atoms with Gasteiger partial charge in [0.25, 0.3) is 5.56 Å². The lowest BCUT2D eigenvalue weighted by molar-refractivity contribution is -0.116. The van der Waals surface area contributed by atoms with Crippen molar-refractivity contribution in [3.8, 4) is 0 Å². The van der Waals surface area contributed by atoms with Gasteiger partial charge in [-0.2, -0.15) is 0 Å². The normalized spacial score (nSPS) is 10.7. The Morgan fingerprint density at radius 1 is 1.30 bits per heavy atom. The summed E-state index contributed by atoms with van der Waals surface area (Å²) in [4.78, 5) is 43.0. The molecular weight excluding hydrogens is 370 g/mol. The molecule has 10 heteroatoms. The lowest BCUT2D eigenvalue weighted by Gasteiger charge is -2.05. The van der Waals surface area contributed by atoms with E-state index in [1.807, 2.05) is 6.07 Å². The van der Waals surface area contributed by atoms with E-state index in [1.54, 1.807) is 25.1 Å². The molecule has 0 spiro atoms. The summed E-state index contributed by atoms with van der Waals surface area (Å²) >= 11 is 0.912. The van der Waals surface area contributed by atoms with Gasteiger partial charge < -0.3 is 15.0 Å². The number of benzene rings is 1. The third kappa shape index (κ3) is 4.53. The van der Waals surface area contributed by atoms with Gasteiger partial charge in [-0.15, -0.1) is 5.10 Å². The number of ether oxygens (including phenoxy) is 1. The highest BCUT2D eigenvalue weighted by atomic mass is 32.1. The number of H-pyrrole nitrogens is 1. The second-order valence-corrected chi connectivity index (χ2v) is 6.36. The zero-order valence-electron chi connectivity index (χ0n) is 14.5. The third-order valence-corrected chi connectivity index (χ3v) is 4.33. The van der Waals surface area contributed by atoms with Gasteiger partial charge >= 0.3 is 5.97 Å². The number of anilines is 1. The van der Waals surface area contributed by atoms with Gasteiger partial charge in [0.2, 0.25) is 11.6 Å². The SMILES string of the molecule is CCOC(=O)c1nnsc1NC(=O)CCCc1nc2ccccc2c(=O)[nH]1. The van der Waals surface area contributed by atoms with Gasteiger partial charge in [0.15, 0.2) is 5.00 Å². The fourth-order valence-electron chi connectivity index (χ4n) is 2.46. The lowest BCUT2D eigenvalue weighted by atomic mass is 10.2. The van der Waals surface area contributed by atoms with Crippen LogP contribution in [0.2, 0.25) is 0 Å². The number of nitrogens with zero attached hydrogens (tertiary/aromatic N) is 3. The maximum absolute atomic E-state index is 12.1. The van der Waals surface area contributed by atoms with E-state index in [0.29, 0.717) is 29.6 Å². The molecule has 0 atom stereocenters. The van der Waals surface area contributed by atoms with Gasteiger partial charge in [0.05, 0.1) is 17.5 Å². The lowest BCUT2D eigenvalue weighted by Crippen LogP contribution is -2.15. The van der Waals surface area contributed by atoms with Crippen molar-refractivity contribution in [2.45, 2.75) is 26.2 Å². The molecule has 2 heterocycles. The first-order chi connectivity index (χ1) is 13.1. The number of nitrogens with one attached hydrogen (secondary N) is 2. The molecule has 2 N–H and O–H groups in total. The predicted molar refractivity (Wildman–Crippen MR) is 99.8 cm³/mol. The number of esters is 1.